The molecule has 0 fully saturated rings. The van der Waals surface area contributed by atoms with Gasteiger partial charge in [-0.05, 0) is 24.6 Å². The Morgan fingerprint density at radius 3 is 2.79 bits per heavy atom. The lowest BCUT2D eigenvalue weighted by Gasteiger charge is -2.03. The molecule has 0 aliphatic heterocycles. The molecule has 3 nitrogen and oxygen atoms in total. The van der Waals surface area contributed by atoms with Crippen LogP contribution < -0.4 is 4.74 Å². The third-order valence-electron chi connectivity index (χ3n) is 2.50. The first-order valence-electron chi connectivity index (χ1n) is 6.01. The molecule has 1 aromatic heterocycles. The number of ether oxygens (including phenoxy) is 1. The van der Waals surface area contributed by atoms with E-state index in [4.69, 9.17) is 10.00 Å². The summed E-state index contributed by atoms with van der Waals surface area (Å²) >= 11 is 0. The summed E-state index contributed by atoms with van der Waals surface area (Å²) in [6.45, 7) is 2.27. The fraction of sp³-hybridized carbons (Fsp3) is 0.125. The van der Waals surface area contributed by atoms with Crippen molar-refractivity contribution in [3.8, 4) is 11.9 Å². The second kappa shape index (κ2) is 6.36. The number of rotatable bonds is 4. The van der Waals surface area contributed by atoms with Crippen LogP contribution in [0.25, 0.3) is 6.08 Å². The van der Waals surface area contributed by atoms with Crippen LogP contribution in [0.15, 0.2) is 48.5 Å². The first-order valence-corrected chi connectivity index (χ1v) is 6.01. The maximum absolute atomic E-state index is 8.86. The molecule has 2 aromatic rings. The van der Waals surface area contributed by atoms with Gasteiger partial charge in [0.05, 0.1) is 11.6 Å². The smallest absolute Gasteiger partial charge is 0.215 e. The lowest BCUT2D eigenvalue weighted by atomic mass is 10.2. The van der Waals surface area contributed by atoms with Crippen molar-refractivity contribution >= 4 is 6.08 Å². The predicted molar refractivity (Wildman–Crippen MR) is 74.7 cm³/mol. The highest BCUT2D eigenvalue weighted by Crippen LogP contribution is 2.11. The molecule has 0 bridgehead atoms. The van der Waals surface area contributed by atoms with Crippen LogP contribution in [0, 0.1) is 18.3 Å². The summed E-state index contributed by atoms with van der Waals surface area (Å²) in [5.41, 5.74) is 2.47. The van der Waals surface area contributed by atoms with E-state index in [2.05, 4.69) is 11.1 Å². The zero-order chi connectivity index (χ0) is 13.5. The first-order chi connectivity index (χ1) is 9.28. The van der Waals surface area contributed by atoms with Crippen LogP contribution in [0.2, 0.25) is 0 Å². The van der Waals surface area contributed by atoms with E-state index >= 15 is 0 Å². The Bertz CT molecular complexity index is 612. The van der Waals surface area contributed by atoms with Crippen LogP contribution in [0.3, 0.4) is 0 Å². The molecule has 0 saturated carbocycles. The van der Waals surface area contributed by atoms with E-state index in [0.717, 1.165) is 11.3 Å². The van der Waals surface area contributed by atoms with Gasteiger partial charge in [-0.25, -0.2) is 4.98 Å². The van der Waals surface area contributed by atoms with Gasteiger partial charge >= 0.3 is 0 Å². The predicted octanol–water partition coefficient (Wildman–Crippen LogP) is 3.35. The maximum Gasteiger partial charge on any atom is 0.215 e. The van der Waals surface area contributed by atoms with E-state index in [0.29, 0.717) is 18.1 Å². The van der Waals surface area contributed by atoms with Crippen molar-refractivity contribution in [2.24, 2.45) is 0 Å². The highest BCUT2D eigenvalue weighted by Gasteiger charge is 1.99. The standard InChI is InChI=1S/C16H14N2O/c1-13-10-15(12-17)11-16(18-13)19-9-5-8-14-6-3-2-4-7-14/h2-8,10-11H,9H2,1H3/b8-5+. The van der Waals surface area contributed by atoms with Crippen molar-refractivity contribution in [3.63, 3.8) is 0 Å². The Morgan fingerprint density at radius 1 is 1.26 bits per heavy atom. The van der Waals surface area contributed by atoms with Gasteiger partial charge in [0.25, 0.3) is 0 Å². The summed E-state index contributed by atoms with van der Waals surface area (Å²) in [5.74, 6) is 0.481. The number of aromatic nitrogens is 1. The quantitative estimate of drug-likeness (QED) is 0.835. The van der Waals surface area contributed by atoms with Crippen molar-refractivity contribution in [1.29, 1.82) is 5.26 Å². The van der Waals surface area contributed by atoms with E-state index in [1.54, 1.807) is 12.1 Å². The molecule has 94 valence electrons. The van der Waals surface area contributed by atoms with E-state index in [-0.39, 0.29) is 0 Å². The number of nitrogens with zero attached hydrogens (tertiary/aromatic N) is 2. The summed E-state index contributed by atoms with van der Waals surface area (Å²) in [6.07, 6.45) is 3.91. The van der Waals surface area contributed by atoms with Crippen LogP contribution >= 0.6 is 0 Å². The number of aryl methyl sites for hydroxylation is 1. The monoisotopic (exact) mass is 250 g/mol. The van der Waals surface area contributed by atoms with Crippen LogP contribution in [0.4, 0.5) is 0 Å². The van der Waals surface area contributed by atoms with Crippen LogP contribution in [-0.4, -0.2) is 11.6 Å². The fourth-order valence-corrected chi connectivity index (χ4v) is 1.66. The minimum atomic E-state index is 0.427. The number of pyridine rings is 1. The van der Waals surface area contributed by atoms with Gasteiger partial charge in [0.2, 0.25) is 5.88 Å². The molecule has 0 aliphatic carbocycles. The van der Waals surface area contributed by atoms with Gasteiger partial charge in [-0.2, -0.15) is 5.26 Å². The van der Waals surface area contributed by atoms with Crippen molar-refractivity contribution in [3.05, 3.63) is 65.4 Å². The van der Waals surface area contributed by atoms with Gasteiger partial charge in [-0.1, -0.05) is 36.4 Å². The highest BCUT2D eigenvalue weighted by atomic mass is 16.5. The average molecular weight is 250 g/mol. The molecule has 0 unspecified atom stereocenters. The van der Waals surface area contributed by atoms with Crippen molar-refractivity contribution in [1.82, 2.24) is 4.98 Å². The Morgan fingerprint density at radius 2 is 2.05 bits per heavy atom. The molecule has 1 heterocycles. The number of hydrogen-bond acceptors (Lipinski definition) is 3. The molecule has 19 heavy (non-hydrogen) atoms. The van der Waals surface area contributed by atoms with Gasteiger partial charge in [0, 0.05) is 11.8 Å². The van der Waals surface area contributed by atoms with Crippen LogP contribution in [0.5, 0.6) is 5.88 Å². The topological polar surface area (TPSA) is 45.9 Å². The molecule has 0 amide bonds. The van der Waals surface area contributed by atoms with Gasteiger partial charge in [-0.15, -0.1) is 0 Å². The molecular formula is C16H14N2O. The van der Waals surface area contributed by atoms with Crippen molar-refractivity contribution in [2.45, 2.75) is 6.92 Å². The molecule has 1 aromatic carbocycles. The molecule has 0 spiro atoms. The third kappa shape index (κ3) is 3.97. The molecule has 0 aliphatic rings. The van der Waals surface area contributed by atoms with E-state index in [1.165, 1.54) is 0 Å². The van der Waals surface area contributed by atoms with Crippen molar-refractivity contribution < 1.29 is 4.74 Å². The average Bonchev–Trinajstić information content (AvgIpc) is 2.44. The Labute approximate surface area is 112 Å². The normalized spacial score (nSPS) is 10.3. The summed E-state index contributed by atoms with van der Waals surface area (Å²) in [6, 6.07) is 15.5. The van der Waals surface area contributed by atoms with Gasteiger partial charge in [-0.3, -0.25) is 0 Å². The van der Waals surface area contributed by atoms with Gasteiger partial charge in [0.1, 0.15) is 6.61 Å². The summed E-state index contributed by atoms with van der Waals surface area (Å²) in [7, 11) is 0. The summed E-state index contributed by atoms with van der Waals surface area (Å²) in [5, 5.41) is 8.86. The number of hydrogen-bond donors (Lipinski definition) is 0. The molecular weight excluding hydrogens is 236 g/mol. The lowest BCUT2D eigenvalue weighted by molar-refractivity contribution is 0.348. The molecule has 2 rings (SSSR count). The summed E-state index contributed by atoms with van der Waals surface area (Å²) < 4.78 is 5.50. The second-order valence-corrected chi connectivity index (χ2v) is 4.07. The summed E-state index contributed by atoms with van der Waals surface area (Å²) in [4.78, 5) is 4.22. The molecule has 0 N–H and O–H groups in total. The molecule has 0 radical (unpaired) electrons. The SMILES string of the molecule is Cc1cc(C#N)cc(OC/C=C/c2ccccc2)n1. The lowest BCUT2D eigenvalue weighted by Crippen LogP contribution is -1.97. The largest absolute Gasteiger partial charge is 0.473 e. The Kier molecular flexibility index (Phi) is 4.30. The number of benzene rings is 1. The van der Waals surface area contributed by atoms with E-state index < -0.39 is 0 Å². The van der Waals surface area contributed by atoms with Crippen molar-refractivity contribution in [2.75, 3.05) is 6.61 Å². The van der Waals surface area contributed by atoms with Crippen LogP contribution in [-0.2, 0) is 0 Å². The minimum Gasteiger partial charge on any atom is -0.473 e. The molecule has 0 saturated heterocycles. The maximum atomic E-state index is 8.86. The van der Waals surface area contributed by atoms with Crippen LogP contribution in [0.1, 0.15) is 16.8 Å². The zero-order valence-corrected chi connectivity index (χ0v) is 10.7. The van der Waals surface area contributed by atoms with Gasteiger partial charge in [0.15, 0.2) is 0 Å². The third-order valence-corrected chi connectivity index (χ3v) is 2.50. The van der Waals surface area contributed by atoms with Gasteiger partial charge < -0.3 is 4.74 Å². The second-order valence-electron chi connectivity index (χ2n) is 4.07. The highest BCUT2D eigenvalue weighted by molar-refractivity contribution is 5.48. The number of nitriles is 1. The molecule has 3 heteroatoms. The van der Waals surface area contributed by atoms with E-state index in [9.17, 15) is 0 Å². The minimum absolute atomic E-state index is 0.427. The Balaban J connectivity index is 1.95. The Hall–Kier alpha value is -2.60. The fourth-order valence-electron chi connectivity index (χ4n) is 1.66. The molecule has 0 atom stereocenters. The first kappa shape index (κ1) is 12.8. The zero-order valence-electron chi connectivity index (χ0n) is 10.7. The van der Waals surface area contributed by atoms with E-state index in [1.807, 2.05) is 49.4 Å².